The van der Waals surface area contributed by atoms with Gasteiger partial charge in [0.25, 0.3) is 0 Å². The van der Waals surface area contributed by atoms with Gasteiger partial charge in [-0.05, 0) is 25.7 Å². The topological polar surface area (TPSA) is 66.4 Å². The molecule has 17 heavy (non-hydrogen) atoms. The Morgan fingerprint density at radius 1 is 1.12 bits per heavy atom. The molecule has 6 heteroatoms. The molecule has 4 nitrogen and oxygen atoms in total. The first-order valence-electron chi connectivity index (χ1n) is 5.96. The molecular weight excluding hydrogens is 267 g/mol. The number of methoxy groups -OCH3 is 1. The molecule has 0 aromatic carbocycles. The Morgan fingerprint density at radius 3 is 2.06 bits per heavy atom. The molecular formula is C11H23KO4S. The maximum absolute atomic E-state index is 10.4. The van der Waals surface area contributed by atoms with E-state index in [0.29, 0.717) is 6.42 Å². The zero-order valence-corrected chi connectivity index (χ0v) is 15.2. The van der Waals surface area contributed by atoms with Gasteiger partial charge in [-0.15, -0.1) is 0 Å². The van der Waals surface area contributed by atoms with Crippen molar-refractivity contribution in [2.24, 2.45) is 0 Å². The summed E-state index contributed by atoms with van der Waals surface area (Å²) in [5, 5.41) is 0. The summed E-state index contributed by atoms with van der Waals surface area (Å²) in [5.74, 6) is -0.252. The van der Waals surface area contributed by atoms with Crippen LogP contribution in [0.5, 0.6) is 0 Å². The number of hydrogen-bond donors (Lipinski definition) is 0. The van der Waals surface area contributed by atoms with Gasteiger partial charge in [0.15, 0.2) is 0 Å². The van der Waals surface area contributed by atoms with Crippen LogP contribution in [0.1, 0.15) is 51.9 Å². The van der Waals surface area contributed by atoms with Gasteiger partial charge in [-0.25, -0.2) is 8.42 Å². The SMILES string of the molecule is CCCCCC(CCCCS(=O)(=O)[O-])OC.[K+]. The van der Waals surface area contributed by atoms with E-state index in [4.69, 9.17) is 4.74 Å². The molecule has 0 bridgehead atoms. The molecule has 1 atom stereocenters. The average Bonchev–Trinajstić information content (AvgIpc) is 2.20. The van der Waals surface area contributed by atoms with Crippen molar-refractivity contribution in [3.05, 3.63) is 0 Å². The van der Waals surface area contributed by atoms with Crippen molar-refractivity contribution in [2.75, 3.05) is 12.9 Å². The monoisotopic (exact) mass is 290 g/mol. The van der Waals surface area contributed by atoms with Crippen LogP contribution in [0.25, 0.3) is 0 Å². The fourth-order valence-electron chi connectivity index (χ4n) is 1.65. The predicted octanol–water partition coefficient (Wildman–Crippen LogP) is -0.699. The number of ether oxygens (including phenoxy) is 1. The normalized spacial score (nSPS) is 13.1. The van der Waals surface area contributed by atoms with Crippen molar-refractivity contribution in [3.8, 4) is 0 Å². The van der Waals surface area contributed by atoms with Crippen molar-refractivity contribution in [3.63, 3.8) is 0 Å². The molecule has 0 aromatic rings. The second kappa shape index (κ2) is 12.5. The van der Waals surface area contributed by atoms with E-state index in [1.807, 2.05) is 0 Å². The minimum absolute atomic E-state index is 0. The van der Waals surface area contributed by atoms with E-state index in [-0.39, 0.29) is 63.2 Å². The van der Waals surface area contributed by atoms with Crippen molar-refractivity contribution in [2.45, 2.75) is 58.0 Å². The third kappa shape index (κ3) is 15.4. The van der Waals surface area contributed by atoms with Crippen molar-refractivity contribution < 1.29 is 69.1 Å². The third-order valence-corrected chi connectivity index (χ3v) is 3.42. The molecule has 0 radical (unpaired) electrons. The average molecular weight is 290 g/mol. The maximum Gasteiger partial charge on any atom is 1.00 e. The van der Waals surface area contributed by atoms with Crippen LogP contribution >= 0.6 is 0 Å². The predicted molar refractivity (Wildman–Crippen MR) is 63.4 cm³/mol. The van der Waals surface area contributed by atoms with Crippen LogP contribution < -0.4 is 51.4 Å². The molecule has 0 N–H and O–H groups in total. The second-order valence-electron chi connectivity index (χ2n) is 4.11. The minimum Gasteiger partial charge on any atom is -0.748 e. The Bertz CT molecular complexity index is 254. The third-order valence-electron chi connectivity index (χ3n) is 2.63. The standard InChI is InChI=1S/C11H24O4S.K/c1-3-4-5-8-11(15-2)9-6-7-10-16(12,13)14;/h11H,3-10H2,1-2H3,(H,12,13,14);/q;+1/p-1. The Kier molecular flexibility index (Phi) is 15.3. The number of unbranched alkanes of at least 4 members (excludes halogenated alkanes) is 3. The van der Waals surface area contributed by atoms with E-state index in [0.717, 1.165) is 25.7 Å². The quantitative estimate of drug-likeness (QED) is 0.303. The zero-order chi connectivity index (χ0) is 12.4. The van der Waals surface area contributed by atoms with E-state index in [1.54, 1.807) is 7.11 Å². The Labute approximate surface area is 148 Å². The summed E-state index contributed by atoms with van der Waals surface area (Å²) >= 11 is 0. The van der Waals surface area contributed by atoms with E-state index < -0.39 is 10.1 Å². The van der Waals surface area contributed by atoms with Crippen molar-refractivity contribution >= 4 is 10.1 Å². The van der Waals surface area contributed by atoms with Crippen LogP contribution in [-0.4, -0.2) is 31.9 Å². The van der Waals surface area contributed by atoms with Crippen LogP contribution in [0.2, 0.25) is 0 Å². The molecule has 0 fully saturated rings. The molecule has 98 valence electrons. The summed E-state index contributed by atoms with van der Waals surface area (Å²) in [5.41, 5.74) is 0. The van der Waals surface area contributed by atoms with Gasteiger partial charge >= 0.3 is 51.4 Å². The van der Waals surface area contributed by atoms with Crippen molar-refractivity contribution in [1.82, 2.24) is 0 Å². The van der Waals surface area contributed by atoms with Crippen LogP contribution in [0.3, 0.4) is 0 Å². The zero-order valence-electron chi connectivity index (χ0n) is 11.3. The molecule has 0 heterocycles. The second-order valence-corrected chi connectivity index (χ2v) is 5.63. The molecule has 0 aliphatic carbocycles. The first-order chi connectivity index (χ1) is 7.49. The van der Waals surface area contributed by atoms with E-state index in [2.05, 4.69) is 6.92 Å². The molecule has 0 aliphatic rings. The van der Waals surface area contributed by atoms with Crippen LogP contribution in [0, 0.1) is 0 Å². The molecule has 0 saturated carbocycles. The van der Waals surface area contributed by atoms with Crippen molar-refractivity contribution in [1.29, 1.82) is 0 Å². The Morgan fingerprint density at radius 2 is 1.65 bits per heavy atom. The molecule has 0 rings (SSSR count). The summed E-state index contributed by atoms with van der Waals surface area (Å²) in [7, 11) is -2.36. The fraction of sp³-hybridized carbons (Fsp3) is 1.00. The summed E-state index contributed by atoms with van der Waals surface area (Å²) in [4.78, 5) is 0. The van der Waals surface area contributed by atoms with Gasteiger partial charge in [-0.1, -0.05) is 26.2 Å². The van der Waals surface area contributed by atoms with E-state index >= 15 is 0 Å². The molecule has 0 spiro atoms. The van der Waals surface area contributed by atoms with Gasteiger partial charge in [0.2, 0.25) is 0 Å². The molecule has 0 saturated heterocycles. The number of hydrogen-bond acceptors (Lipinski definition) is 4. The number of rotatable bonds is 10. The fourth-order valence-corrected chi connectivity index (χ4v) is 2.21. The largest absolute Gasteiger partial charge is 1.00 e. The van der Waals surface area contributed by atoms with Gasteiger partial charge < -0.3 is 9.29 Å². The summed E-state index contributed by atoms with van der Waals surface area (Å²) in [6.45, 7) is 2.15. The molecule has 0 aliphatic heterocycles. The van der Waals surface area contributed by atoms with Gasteiger partial charge in [0, 0.05) is 12.9 Å². The van der Waals surface area contributed by atoms with Gasteiger partial charge in [0.05, 0.1) is 16.2 Å². The van der Waals surface area contributed by atoms with E-state index in [1.165, 1.54) is 12.8 Å². The summed E-state index contributed by atoms with van der Waals surface area (Å²) in [6, 6.07) is 0. The Hall–Kier alpha value is 1.51. The minimum atomic E-state index is -4.04. The molecule has 0 aromatic heterocycles. The Balaban J connectivity index is 0. The first kappa shape index (κ1) is 20.8. The van der Waals surface area contributed by atoms with Crippen LogP contribution in [0.4, 0.5) is 0 Å². The first-order valence-corrected chi connectivity index (χ1v) is 7.53. The van der Waals surface area contributed by atoms with Gasteiger partial charge in [-0.3, -0.25) is 0 Å². The van der Waals surface area contributed by atoms with Gasteiger partial charge in [0.1, 0.15) is 0 Å². The smallest absolute Gasteiger partial charge is 0.748 e. The molecule has 0 amide bonds. The maximum atomic E-state index is 10.4. The summed E-state index contributed by atoms with van der Waals surface area (Å²) in [6.07, 6.45) is 6.80. The van der Waals surface area contributed by atoms with Gasteiger partial charge in [-0.2, -0.15) is 0 Å². The molecule has 1 unspecified atom stereocenters. The van der Waals surface area contributed by atoms with E-state index in [9.17, 15) is 13.0 Å². The summed E-state index contributed by atoms with van der Waals surface area (Å²) < 4.78 is 36.4. The van der Waals surface area contributed by atoms with Crippen LogP contribution in [0.15, 0.2) is 0 Å². The van der Waals surface area contributed by atoms with Crippen LogP contribution in [-0.2, 0) is 14.9 Å².